The summed E-state index contributed by atoms with van der Waals surface area (Å²) in [5, 5.41) is 0. The first-order valence-electron chi connectivity index (χ1n) is 10.4. The van der Waals surface area contributed by atoms with Crippen LogP contribution in [0.15, 0.2) is 41.5 Å². The maximum absolute atomic E-state index is 6.19. The molecule has 1 aromatic carbocycles. The number of morpholine rings is 1. The number of nitrogens with zero attached hydrogens (tertiary/aromatic N) is 3. The Morgan fingerprint density at radius 1 is 1.11 bits per heavy atom. The van der Waals surface area contributed by atoms with E-state index < -0.39 is 0 Å². The molecule has 6 rings (SSSR count). The molecule has 3 aliphatic heterocycles. The highest BCUT2D eigenvalue weighted by Crippen LogP contribution is 2.40. The molecule has 5 nitrogen and oxygen atoms in total. The van der Waals surface area contributed by atoms with Gasteiger partial charge in [-0.05, 0) is 62.4 Å². The zero-order valence-electron chi connectivity index (χ0n) is 16.2. The summed E-state index contributed by atoms with van der Waals surface area (Å²) in [6.45, 7) is 4.54. The molecule has 1 aliphatic carbocycles. The second-order valence-electron chi connectivity index (χ2n) is 8.77. The van der Waals surface area contributed by atoms with Gasteiger partial charge in [0, 0.05) is 17.3 Å². The molecule has 0 radical (unpaired) electrons. The monoisotopic (exact) mass is 375 g/mol. The summed E-state index contributed by atoms with van der Waals surface area (Å²) in [5.41, 5.74) is 4.70. The lowest BCUT2D eigenvalue weighted by Crippen LogP contribution is -2.46. The Labute approximate surface area is 165 Å². The highest BCUT2D eigenvalue weighted by Gasteiger charge is 2.40. The van der Waals surface area contributed by atoms with Gasteiger partial charge in [-0.2, -0.15) is 0 Å². The molecular formula is C23H25N3O2. The van der Waals surface area contributed by atoms with Gasteiger partial charge in [0.1, 0.15) is 17.2 Å². The number of hydrogen-bond acceptors (Lipinski definition) is 5. The zero-order valence-corrected chi connectivity index (χ0v) is 16.2. The molecule has 3 fully saturated rings. The Bertz CT molecular complexity index is 950. The summed E-state index contributed by atoms with van der Waals surface area (Å²) < 4.78 is 11.9. The first kappa shape index (κ1) is 16.5. The van der Waals surface area contributed by atoms with Gasteiger partial charge in [0.15, 0.2) is 0 Å². The topological polar surface area (TPSA) is 47.0 Å². The van der Waals surface area contributed by atoms with E-state index in [-0.39, 0.29) is 5.60 Å². The number of ether oxygens (including phenoxy) is 2. The van der Waals surface area contributed by atoms with Crippen LogP contribution in [0.3, 0.4) is 0 Å². The summed E-state index contributed by atoms with van der Waals surface area (Å²) in [7, 11) is 0. The molecule has 2 unspecified atom stereocenters. The largest absolute Gasteiger partial charge is 0.488 e. The molecule has 2 aromatic rings. The molecule has 4 heterocycles. The van der Waals surface area contributed by atoms with E-state index in [9.17, 15) is 0 Å². The molecule has 4 aliphatic rings. The highest BCUT2D eigenvalue weighted by atomic mass is 16.5. The van der Waals surface area contributed by atoms with E-state index in [1.165, 1.54) is 24.0 Å². The Hall–Kier alpha value is -2.40. The van der Waals surface area contributed by atoms with Gasteiger partial charge >= 0.3 is 0 Å². The third kappa shape index (κ3) is 2.72. The van der Waals surface area contributed by atoms with Crippen molar-refractivity contribution < 1.29 is 9.47 Å². The Balaban J connectivity index is 1.32. The second-order valence-corrected chi connectivity index (χ2v) is 8.77. The van der Waals surface area contributed by atoms with Crippen molar-refractivity contribution in [2.24, 2.45) is 4.99 Å². The standard InChI is InChI=1S/C23H25N3O2/c1-23(7-8-23)28-19-5-2-16-12-25-22(20(16)11-19)15-6-9-24-21(10-15)26-17-3-4-18(26)14-27-13-17/h2,5-6,9-11,17-18H,3-4,7-8,12-14H2,1H3. The molecule has 0 amide bonds. The fraction of sp³-hybridized carbons (Fsp3) is 0.478. The Morgan fingerprint density at radius 3 is 2.71 bits per heavy atom. The molecule has 0 spiro atoms. The number of aliphatic imine (C=N–C) groups is 1. The van der Waals surface area contributed by atoms with Gasteiger partial charge in [0.05, 0.1) is 37.6 Å². The lowest BCUT2D eigenvalue weighted by molar-refractivity contribution is 0.0902. The van der Waals surface area contributed by atoms with E-state index in [0.717, 1.165) is 55.4 Å². The van der Waals surface area contributed by atoms with Crippen LogP contribution in [0.1, 0.15) is 49.3 Å². The van der Waals surface area contributed by atoms with Crippen LogP contribution in [0.25, 0.3) is 0 Å². The normalized spacial score (nSPS) is 26.8. The number of fused-ring (bicyclic) bond motifs is 3. The van der Waals surface area contributed by atoms with Crippen molar-refractivity contribution >= 4 is 11.5 Å². The summed E-state index contributed by atoms with van der Waals surface area (Å²) >= 11 is 0. The van der Waals surface area contributed by atoms with Crippen LogP contribution in [-0.2, 0) is 11.3 Å². The lowest BCUT2D eigenvalue weighted by Gasteiger charge is -2.35. The molecular weight excluding hydrogens is 350 g/mol. The molecule has 0 N–H and O–H groups in total. The van der Waals surface area contributed by atoms with Gasteiger partial charge < -0.3 is 14.4 Å². The minimum atomic E-state index is 0.0313. The van der Waals surface area contributed by atoms with Crippen molar-refractivity contribution in [3.63, 3.8) is 0 Å². The molecule has 2 atom stereocenters. The van der Waals surface area contributed by atoms with E-state index in [1.807, 2.05) is 6.20 Å². The maximum atomic E-state index is 6.19. The minimum absolute atomic E-state index is 0.0313. The van der Waals surface area contributed by atoms with Crippen molar-refractivity contribution in [2.45, 2.75) is 56.8 Å². The fourth-order valence-electron chi connectivity index (χ4n) is 4.75. The molecule has 1 saturated carbocycles. The predicted molar refractivity (Wildman–Crippen MR) is 108 cm³/mol. The number of anilines is 1. The number of benzene rings is 1. The molecule has 1 aromatic heterocycles. The van der Waals surface area contributed by atoms with Crippen LogP contribution >= 0.6 is 0 Å². The summed E-state index contributed by atoms with van der Waals surface area (Å²) in [5.74, 6) is 2.01. The Morgan fingerprint density at radius 2 is 1.93 bits per heavy atom. The van der Waals surface area contributed by atoms with Crippen LogP contribution in [0, 0.1) is 0 Å². The van der Waals surface area contributed by atoms with Gasteiger partial charge in [0.25, 0.3) is 0 Å². The summed E-state index contributed by atoms with van der Waals surface area (Å²) in [6, 6.07) is 11.6. The minimum Gasteiger partial charge on any atom is -0.488 e. The van der Waals surface area contributed by atoms with E-state index >= 15 is 0 Å². The molecule has 2 saturated heterocycles. The molecule has 144 valence electrons. The summed E-state index contributed by atoms with van der Waals surface area (Å²) in [4.78, 5) is 12.0. The van der Waals surface area contributed by atoms with Gasteiger partial charge in [0.2, 0.25) is 0 Å². The van der Waals surface area contributed by atoms with Crippen LogP contribution in [-0.4, -0.2) is 41.6 Å². The predicted octanol–water partition coefficient (Wildman–Crippen LogP) is 3.73. The average Bonchev–Trinajstić information content (AvgIpc) is 3.18. The molecule has 5 heteroatoms. The molecule has 2 bridgehead atoms. The van der Waals surface area contributed by atoms with E-state index in [4.69, 9.17) is 19.5 Å². The van der Waals surface area contributed by atoms with Gasteiger partial charge in [-0.1, -0.05) is 6.07 Å². The summed E-state index contributed by atoms with van der Waals surface area (Å²) in [6.07, 6.45) is 6.59. The van der Waals surface area contributed by atoms with Gasteiger partial charge in [-0.15, -0.1) is 0 Å². The van der Waals surface area contributed by atoms with Crippen LogP contribution < -0.4 is 9.64 Å². The molecule has 28 heavy (non-hydrogen) atoms. The maximum Gasteiger partial charge on any atom is 0.129 e. The van der Waals surface area contributed by atoms with Crippen molar-refractivity contribution in [2.75, 3.05) is 18.1 Å². The third-order valence-corrected chi connectivity index (χ3v) is 6.59. The van der Waals surface area contributed by atoms with Crippen molar-refractivity contribution in [1.29, 1.82) is 0 Å². The highest BCUT2D eigenvalue weighted by molar-refractivity contribution is 6.15. The SMILES string of the molecule is CC1(Oc2ccc3c(c2)C(c2ccnc(N4C5CCC4COC5)c2)=NC3)CC1. The first-order valence-corrected chi connectivity index (χ1v) is 10.4. The lowest BCUT2D eigenvalue weighted by atomic mass is 10.00. The Kier molecular flexibility index (Phi) is 3.57. The number of pyridine rings is 1. The smallest absolute Gasteiger partial charge is 0.129 e. The second kappa shape index (κ2) is 6.05. The van der Waals surface area contributed by atoms with Crippen LogP contribution in [0.5, 0.6) is 5.75 Å². The van der Waals surface area contributed by atoms with Crippen molar-refractivity contribution in [1.82, 2.24) is 4.98 Å². The number of hydrogen-bond donors (Lipinski definition) is 0. The first-order chi connectivity index (χ1) is 13.7. The van der Waals surface area contributed by atoms with Crippen LogP contribution in [0.2, 0.25) is 0 Å². The number of aromatic nitrogens is 1. The van der Waals surface area contributed by atoms with Gasteiger partial charge in [-0.25, -0.2) is 4.98 Å². The van der Waals surface area contributed by atoms with Crippen molar-refractivity contribution in [3.05, 3.63) is 53.2 Å². The van der Waals surface area contributed by atoms with E-state index in [1.54, 1.807) is 0 Å². The van der Waals surface area contributed by atoms with Crippen molar-refractivity contribution in [3.8, 4) is 5.75 Å². The number of rotatable bonds is 4. The van der Waals surface area contributed by atoms with Gasteiger partial charge in [-0.3, -0.25) is 4.99 Å². The average molecular weight is 375 g/mol. The van der Waals surface area contributed by atoms with E-state index in [0.29, 0.717) is 12.1 Å². The van der Waals surface area contributed by atoms with Crippen LogP contribution in [0.4, 0.5) is 5.82 Å². The quantitative estimate of drug-likeness (QED) is 0.817. The fourth-order valence-corrected chi connectivity index (χ4v) is 4.75. The third-order valence-electron chi connectivity index (χ3n) is 6.59. The van der Waals surface area contributed by atoms with E-state index in [2.05, 4.69) is 42.2 Å². The zero-order chi connectivity index (χ0) is 18.7.